The summed E-state index contributed by atoms with van der Waals surface area (Å²) in [6.45, 7) is 0.229. The smallest absolute Gasteiger partial charge is 0.324 e. The number of nitrogens with zero attached hydrogens (tertiary/aromatic N) is 1. The minimum atomic E-state index is -0.387. The van der Waals surface area contributed by atoms with Crippen molar-refractivity contribution in [2.24, 2.45) is 0 Å². The summed E-state index contributed by atoms with van der Waals surface area (Å²) in [5.41, 5.74) is 2.55. The van der Waals surface area contributed by atoms with E-state index in [4.69, 9.17) is 0 Å². The van der Waals surface area contributed by atoms with E-state index in [2.05, 4.69) is 10.6 Å². The van der Waals surface area contributed by atoms with E-state index < -0.39 is 0 Å². The van der Waals surface area contributed by atoms with Gasteiger partial charge >= 0.3 is 6.03 Å². The molecule has 1 aliphatic rings. The lowest BCUT2D eigenvalue weighted by molar-refractivity contribution is -0.125. The highest BCUT2D eigenvalue weighted by Crippen LogP contribution is 2.15. The SMILES string of the molecule is O=C(CCc1ccccc1)Nc1cccc(CN2C(=O)CNC2=O)c1. The molecule has 2 aromatic rings. The molecule has 1 heterocycles. The minimum Gasteiger partial charge on any atom is -0.329 e. The Labute approximate surface area is 145 Å². The summed E-state index contributed by atoms with van der Waals surface area (Å²) in [6.07, 6.45) is 1.07. The van der Waals surface area contributed by atoms with E-state index in [1.165, 1.54) is 0 Å². The predicted molar refractivity (Wildman–Crippen MR) is 93.8 cm³/mol. The maximum Gasteiger partial charge on any atom is 0.324 e. The standard InChI is InChI=1S/C19H19N3O3/c23-17(10-9-14-5-2-1-3-6-14)21-16-8-4-7-15(11-16)13-22-18(24)12-20-19(22)25/h1-8,11H,9-10,12-13H2,(H,20,25)(H,21,23). The lowest BCUT2D eigenvalue weighted by atomic mass is 10.1. The van der Waals surface area contributed by atoms with Crippen LogP contribution < -0.4 is 10.6 Å². The lowest BCUT2D eigenvalue weighted by Gasteiger charge is -2.13. The fourth-order valence-electron chi connectivity index (χ4n) is 2.67. The zero-order valence-corrected chi connectivity index (χ0v) is 13.7. The van der Waals surface area contributed by atoms with Crippen LogP contribution in [-0.4, -0.2) is 29.3 Å². The number of amides is 4. The van der Waals surface area contributed by atoms with Crippen molar-refractivity contribution >= 4 is 23.5 Å². The van der Waals surface area contributed by atoms with Crippen LogP contribution in [-0.2, 0) is 22.6 Å². The first-order chi connectivity index (χ1) is 12.1. The van der Waals surface area contributed by atoms with Crippen LogP contribution in [0.4, 0.5) is 10.5 Å². The monoisotopic (exact) mass is 337 g/mol. The Morgan fingerprint density at radius 2 is 1.80 bits per heavy atom. The molecule has 2 N–H and O–H groups in total. The van der Waals surface area contributed by atoms with E-state index in [-0.39, 0.29) is 30.9 Å². The first-order valence-corrected chi connectivity index (χ1v) is 8.13. The fourth-order valence-corrected chi connectivity index (χ4v) is 2.67. The number of hydrogen-bond acceptors (Lipinski definition) is 3. The molecule has 0 bridgehead atoms. The van der Waals surface area contributed by atoms with Crippen LogP contribution in [0.15, 0.2) is 54.6 Å². The molecule has 2 aromatic carbocycles. The molecule has 6 nitrogen and oxygen atoms in total. The van der Waals surface area contributed by atoms with Gasteiger partial charge in [-0.05, 0) is 29.7 Å². The van der Waals surface area contributed by atoms with Gasteiger partial charge in [0.25, 0.3) is 0 Å². The summed E-state index contributed by atoms with van der Waals surface area (Å²) >= 11 is 0. The van der Waals surface area contributed by atoms with Crippen LogP contribution in [0.25, 0.3) is 0 Å². The van der Waals surface area contributed by atoms with E-state index in [9.17, 15) is 14.4 Å². The molecule has 3 rings (SSSR count). The summed E-state index contributed by atoms with van der Waals surface area (Å²) in [6, 6.07) is 16.6. The summed E-state index contributed by atoms with van der Waals surface area (Å²) in [5, 5.41) is 5.34. The van der Waals surface area contributed by atoms with Gasteiger partial charge in [-0.3, -0.25) is 14.5 Å². The highest BCUT2D eigenvalue weighted by Gasteiger charge is 2.28. The van der Waals surface area contributed by atoms with Crippen molar-refractivity contribution < 1.29 is 14.4 Å². The van der Waals surface area contributed by atoms with Crippen molar-refractivity contribution in [2.75, 3.05) is 11.9 Å². The van der Waals surface area contributed by atoms with Gasteiger partial charge in [0.1, 0.15) is 0 Å². The number of anilines is 1. The first kappa shape index (κ1) is 16.7. The Kier molecular flexibility index (Phi) is 5.09. The Balaban J connectivity index is 1.57. The average molecular weight is 337 g/mol. The van der Waals surface area contributed by atoms with Crippen LogP contribution in [0.2, 0.25) is 0 Å². The van der Waals surface area contributed by atoms with Gasteiger partial charge in [-0.15, -0.1) is 0 Å². The van der Waals surface area contributed by atoms with Gasteiger partial charge < -0.3 is 10.6 Å². The molecule has 0 aliphatic carbocycles. The summed E-state index contributed by atoms with van der Waals surface area (Å²) in [5.74, 6) is -0.321. The third kappa shape index (κ3) is 4.44. The van der Waals surface area contributed by atoms with Crippen molar-refractivity contribution in [2.45, 2.75) is 19.4 Å². The number of carbonyl (C=O) groups is 3. The minimum absolute atomic E-state index is 0.0365. The molecule has 0 atom stereocenters. The van der Waals surface area contributed by atoms with E-state index in [0.717, 1.165) is 16.0 Å². The van der Waals surface area contributed by atoms with Gasteiger partial charge in [-0.2, -0.15) is 0 Å². The second kappa shape index (κ2) is 7.61. The Morgan fingerprint density at radius 1 is 1.04 bits per heavy atom. The number of carbonyl (C=O) groups excluding carboxylic acids is 3. The van der Waals surface area contributed by atoms with Crippen molar-refractivity contribution in [1.82, 2.24) is 10.2 Å². The molecular weight excluding hydrogens is 318 g/mol. The van der Waals surface area contributed by atoms with Crippen molar-refractivity contribution in [3.63, 3.8) is 0 Å². The molecule has 6 heteroatoms. The Morgan fingerprint density at radius 3 is 2.52 bits per heavy atom. The van der Waals surface area contributed by atoms with Crippen LogP contribution in [0, 0.1) is 0 Å². The number of hydrogen-bond donors (Lipinski definition) is 2. The van der Waals surface area contributed by atoms with Crippen LogP contribution in [0.5, 0.6) is 0 Å². The van der Waals surface area contributed by atoms with E-state index in [1.807, 2.05) is 36.4 Å². The molecule has 25 heavy (non-hydrogen) atoms. The summed E-state index contributed by atoms with van der Waals surface area (Å²) < 4.78 is 0. The zero-order chi connectivity index (χ0) is 17.6. The molecule has 0 unspecified atom stereocenters. The predicted octanol–water partition coefficient (Wildman–Crippen LogP) is 2.31. The molecule has 0 aromatic heterocycles. The molecule has 1 saturated heterocycles. The highest BCUT2D eigenvalue weighted by atomic mass is 16.2. The number of benzene rings is 2. The van der Waals surface area contributed by atoms with Gasteiger partial charge in [0.2, 0.25) is 11.8 Å². The number of imide groups is 1. The number of aryl methyl sites for hydroxylation is 1. The molecule has 0 spiro atoms. The average Bonchev–Trinajstić information content (AvgIpc) is 2.93. The molecule has 1 fully saturated rings. The van der Waals surface area contributed by atoms with E-state index in [1.54, 1.807) is 18.2 Å². The molecule has 4 amide bonds. The first-order valence-electron chi connectivity index (χ1n) is 8.13. The van der Waals surface area contributed by atoms with Crippen LogP contribution >= 0.6 is 0 Å². The lowest BCUT2D eigenvalue weighted by Crippen LogP contribution is -2.30. The third-order valence-corrected chi connectivity index (χ3v) is 3.97. The van der Waals surface area contributed by atoms with Crippen molar-refractivity contribution in [1.29, 1.82) is 0 Å². The second-order valence-corrected chi connectivity index (χ2v) is 5.87. The van der Waals surface area contributed by atoms with Crippen molar-refractivity contribution in [3.05, 3.63) is 65.7 Å². The zero-order valence-electron chi connectivity index (χ0n) is 13.7. The number of rotatable bonds is 6. The van der Waals surface area contributed by atoms with Gasteiger partial charge in [0, 0.05) is 12.1 Å². The van der Waals surface area contributed by atoms with E-state index >= 15 is 0 Å². The quantitative estimate of drug-likeness (QED) is 0.794. The topological polar surface area (TPSA) is 78.5 Å². The largest absolute Gasteiger partial charge is 0.329 e. The fraction of sp³-hybridized carbons (Fsp3) is 0.211. The molecular formula is C19H19N3O3. The van der Waals surface area contributed by atoms with Gasteiger partial charge in [-0.25, -0.2) is 4.79 Å². The maximum atomic E-state index is 12.1. The Hall–Kier alpha value is -3.15. The number of nitrogens with one attached hydrogen (secondary N) is 2. The highest BCUT2D eigenvalue weighted by molar-refractivity contribution is 6.01. The molecule has 1 aliphatic heterocycles. The van der Waals surface area contributed by atoms with Crippen molar-refractivity contribution in [3.8, 4) is 0 Å². The Bertz CT molecular complexity index is 774. The maximum absolute atomic E-state index is 12.1. The number of urea groups is 1. The normalized spacial score (nSPS) is 13.7. The molecule has 0 radical (unpaired) electrons. The second-order valence-electron chi connectivity index (χ2n) is 5.87. The van der Waals surface area contributed by atoms with E-state index in [0.29, 0.717) is 18.5 Å². The van der Waals surface area contributed by atoms with Gasteiger partial charge in [0.15, 0.2) is 0 Å². The molecule has 0 saturated carbocycles. The van der Waals surface area contributed by atoms with Gasteiger partial charge in [0.05, 0.1) is 13.1 Å². The summed E-state index contributed by atoms with van der Waals surface area (Å²) in [7, 11) is 0. The molecule has 128 valence electrons. The summed E-state index contributed by atoms with van der Waals surface area (Å²) in [4.78, 5) is 36.5. The van der Waals surface area contributed by atoms with Gasteiger partial charge in [-0.1, -0.05) is 42.5 Å². The third-order valence-electron chi connectivity index (χ3n) is 3.97. The van der Waals surface area contributed by atoms with Crippen LogP contribution in [0.1, 0.15) is 17.5 Å². The van der Waals surface area contributed by atoms with Crippen LogP contribution in [0.3, 0.4) is 0 Å².